The Labute approximate surface area is 160 Å². The average molecular weight is 392 g/mol. The Kier molecular flexibility index (Phi) is 5.32. The molecule has 0 N–H and O–H groups in total. The van der Waals surface area contributed by atoms with E-state index in [-0.39, 0.29) is 5.91 Å². The molecule has 0 aromatic heterocycles. The second-order valence-corrected chi connectivity index (χ2v) is 7.22. The van der Waals surface area contributed by atoms with E-state index in [4.69, 9.17) is 33.3 Å². The van der Waals surface area contributed by atoms with Gasteiger partial charge in [0.25, 0.3) is 5.91 Å². The van der Waals surface area contributed by atoms with Gasteiger partial charge >= 0.3 is 0 Å². The minimum Gasteiger partial charge on any atom is -0.493 e. The average Bonchev–Trinajstić information content (AvgIpc) is 2.88. The van der Waals surface area contributed by atoms with Gasteiger partial charge in [-0.25, -0.2) is 0 Å². The Morgan fingerprint density at radius 1 is 1.12 bits per heavy atom. The van der Waals surface area contributed by atoms with Crippen LogP contribution in [0, 0.1) is 0 Å². The first kappa shape index (κ1) is 17.8. The van der Waals surface area contributed by atoms with Crippen LogP contribution in [0.4, 0.5) is 5.69 Å². The predicted molar refractivity (Wildman–Crippen MR) is 107 cm³/mol. The zero-order valence-corrected chi connectivity index (χ0v) is 15.9. The molecule has 25 heavy (non-hydrogen) atoms. The fourth-order valence-corrected chi connectivity index (χ4v) is 3.88. The summed E-state index contributed by atoms with van der Waals surface area (Å²) in [4.78, 5) is 14.8. The molecule has 1 fully saturated rings. The van der Waals surface area contributed by atoms with Crippen LogP contribution in [0.25, 0.3) is 6.08 Å². The number of nitrogens with zero attached hydrogens (tertiary/aromatic N) is 1. The first-order valence-corrected chi connectivity index (χ1v) is 8.89. The van der Waals surface area contributed by atoms with Gasteiger partial charge in [0.1, 0.15) is 0 Å². The zero-order chi connectivity index (χ0) is 18.0. The van der Waals surface area contributed by atoms with Gasteiger partial charge in [-0.3, -0.25) is 9.69 Å². The van der Waals surface area contributed by atoms with Crippen molar-refractivity contribution >= 4 is 57.6 Å². The standard InChI is InChI=1S/C18H14ClNO3S2/c1-22-14-7-6-11(8-15(14)23-2)9-16-17(21)20(18(24)25-16)13-5-3-4-12(19)10-13/h3-10H,1-2H3/b16-9-. The molecule has 3 rings (SSSR count). The summed E-state index contributed by atoms with van der Waals surface area (Å²) in [6, 6.07) is 12.5. The molecule has 1 amide bonds. The van der Waals surface area contributed by atoms with Gasteiger partial charge < -0.3 is 9.47 Å². The summed E-state index contributed by atoms with van der Waals surface area (Å²) < 4.78 is 11.0. The van der Waals surface area contributed by atoms with Crippen LogP contribution in [0.1, 0.15) is 5.56 Å². The number of thiocarbonyl (C=S) groups is 1. The second kappa shape index (κ2) is 7.47. The number of amides is 1. The van der Waals surface area contributed by atoms with Crippen LogP contribution >= 0.6 is 35.6 Å². The number of benzene rings is 2. The highest BCUT2D eigenvalue weighted by atomic mass is 35.5. The minimum atomic E-state index is -0.174. The van der Waals surface area contributed by atoms with E-state index in [0.717, 1.165) is 5.56 Å². The molecule has 0 aliphatic carbocycles. The highest BCUT2D eigenvalue weighted by Crippen LogP contribution is 2.37. The second-order valence-electron chi connectivity index (χ2n) is 5.11. The van der Waals surface area contributed by atoms with Crippen molar-refractivity contribution in [3.05, 3.63) is 58.0 Å². The van der Waals surface area contributed by atoms with Gasteiger partial charge in [-0.1, -0.05) is 47.7 Å². The molecule has 2 aromatic rings. The Morgan fingerprint density at radius 3 is 2.56 bits per heavy atom. The Morgan fingerprint density at radius 2 is 1.88 bits per heavy atom. The molecular formula is C18H14ClNO3S2. The lowest BCUT2D eigenvalue weighted by molar-refractivity contribution is -0.113. The third-order valence-electron chi connectivity index (χ3n) is 3.57. The van der Waals surface area contributed by atoms with Crippen LogP contribution in [-0.2, 0) is 4.79 Å². The molecule has 1 heterocycles. The molecule has 2 aromatic carbocycles. The molecule has 0 unspecified atom stereocenters. The summed E-state index contributed by atoms with van der Waals surface area (Å²) in [6.45, 7) is 0. The number of halogens is 1. The molecular weight excluding hydrogens is 378 g/mol. The maximum Gasteiger partial charge on any atom is 0.270 e. The molecule has 0 saturated carbocycles. The molecule has 0 atom stereocenters. The van der Waals surface area contributed by atoms with Gasteiger partial charge in [-0.2, -0.15) is 0 Å². The van der Waals surface area contributed by atoms with Gasteiger partial charge in [-0.05, 0) is 42.0 Å². The van der Waals surface area contributed by atoms with Crippen LogP contribution in [0.5, 0.6) is 11.5 Å². The van der Waals surface area contributed by atoms with E-state index >= 15 is 0 Å². The summed E-state index contributed by atoms with van der Waals surface area (Å²) in [6.07, 6.45) is 1.78. The van der Waals surface area contributed by atoms with Crippen molar-refractivity contribution in [2.45, 2.75) is 0 Å². The van der Waals surface area contributed by atoms with Gasteiger partial charge in [0.05, 0.1) is 24.8 Å². The van der Waals surface area contributed by atoms with E-state index in [9.17, 15) is 4.79 Å². The van der Waals surface area contributed by atoms with Crippen LogP contribution in [0.3, 0.4) is 0 Å². The summed E-state index contributed by atoms with van der Waals surface area (Å²) >= 11 is 12.6. The highest BCUT2D eigenvalue weighted by Gasteiger charge is 2.33. The number of rotatable bonds is 4. The summed E-state index contributed by atoms with van der Waals surface area (Å²) in [5, 5.41) is 0.551. The number of hydrogen-bond donors (Lipinski definition) is 0. The van der Waals surface area contributed by atoms with Gasteiger partial charge in [0.15, 0.2) is 15.8 Å². The van der Waals surface area contributed by atoms with Crippen LogP contribution in [0.2, 0.25) is 5.02 Å². The first-order valence-electron chi connectivity index (χ1n) is 7.29. The van der Waals surface area contributed by atoms with Crippen LogP contribution in [0.15, 0.2) is 47.4 Å². The number of ether oxygens (including phenoxy) is 2. The minimum absolute atomic E-state index is 0.174. The van der Waals surface area contributed by atoms with Crippen molar-refractivity contribution in [1.82, 2.24) is 0 Å². The summed E-state index contributed by atoms with van der Waals surface area (Å²) in [5.41, 5.74) is 1.48. The number of hydrogen-bond acceptors (Lipinski definition) is 5. The van der Waals surface area contributed by atoms with Gasteiger partial charge in [-0.15, -0.1) is 0 Å². The fourth-order valence-electron chi connectivity index (χ4n) is 2.40. The number of carbonyl (C=O) groups is 1. The van der Waals surface area contributed by atoms with Crippen LogP contribution in [-0.4, -0.2) is 24.4 Å². The third kappa shape index (κ3) is 3.66. The normalized spacial score (nSPS) is 15.8. The largest absolute Gasteiger partial charge is 0.493 e. The zero-order valence-electron chi connectivity index (χ0n) is 13.5. The van der Waals surface area contributed by atoms with E-state index in [1.54, 1.807) is 50.6 Å². The molecule has 0 radical (unpaired) electrons. The molecule has 0 bridgehead atoms. The number of thioether (sulfide) groups is 1. The molecule has 1 saturated heterocycles. The lowest BCUT2D eigenvalue weighted by atomic mass is 10.2. The SMILES string of the molecule is COc1ccc(/C=C2\SC(=S)N(c3cccc(Cl)c3)C2=O)cc1OC. The number of anilines is 1. The molecule has 1 aliphatic rings. The van der Waals surface area contributed by atoms with E-state index in [1.807, 2.05) is 12.1 Å². The van der Waals surface area contributed by atoms with Crippen LogP contribution < -0.4 is 14.4 Å². The Balaban J connectivity index is 1.93. The number of methoxy groups -OCH3 is 2. The van der Waals surface area contributed by atoms with Crippen molar-refractivity contribution in [3.63, 3.8) is 0 Å². The van der Waals surface area contributed by atoms with Gasteiger partial charge in [0.2, 0.25) is 0 Å². The lowest BCUT2D eigenvalue weighted by Gasteiger charge is -2.14. The highest BCUT2D eigenvalue weighted by molar-refractivity contribution is 8.27. The summed E-state index contributed by atoms with van der Waals surface area (Å²) in [5.74, 6) is 1.06. The first-order chi connectivity index (χ1) is 12.0. The maximum absolute atomic E-state index is 12.8. The lowest BCUT2D eigenvalue weighted by Crippen LogP contribution is -2.27. The van der Waals surface area contributed by atoms with Crippen molar-refractivity contribution < 1.29 is 14.3 Å². The Hall–Kier alpha value is -2.02. The smallest absolute Gasteiger partial charge is 0.270 e. The molecule has 128 valence electrons. The fraction of sp³-hybridized carbons (Fsp3) is 0.111. The van der Waals surface area contributed by atoms with E-state index < -0.39 is 0 Å². The molecule has 0 spiro atoms. The van der Waals surface area contributed by atoms with E-state index in [0.29, 0.717) is 31.4 Å². The maximum atomic E-state index is 12.8. The Bertz CT molecular complexity index is 882. The third-order valence-corrected chi connectivity index (χ3v) is 5.10. The monoisotopic (exact) mass is 391 g/mol. The van der Waals surface area contributed by atoms with Crippen molar-refractivity contribution in [2.75, 3.05) is 19.1 Å². The van der Waals surface area contributed by atoms with Crippen molar-refractivity contribution in [2.24, 2.45) is 0 Å². The van der Waals surface area contributed by atoms with Gasteiger partial charge in [0, 0.05) is 5.02 Å². The topological polar surface area (TPSA) is 38.8 Å². The van der Waals surface area contributed by atoms with Crippen molar-refractivity contribution in [1.29, 1.82) is 0 Å². The summed E-state index contributed by atoms with van der Waals surface area (Å²) in [7, 11) is 3.15. The van der Waals surface area contributed by atoms with E-state index in [2.05, 4.69) is 0 Å². The van der Waals surface area contributed by atoms with Crippen molar-refractivity contribution in [3.8, 4) is 11.5 Å². The quantitative estimate of drug-likeness (QED) is 0.554. The van der Waals surface area contributed by atoms with E-state index in [1.165, 1.54) is 16.7 Å². The molecule has 7 heteroatoms. The predicted octanol–water partition coefficient (Wildman–Crippen LogP) is 4.76. The number of carbonyl (C=O) groups excluding carboxylic acids is 1. The molecule has 1 aliphatic heterocycles. The molecule has 4 nitrogen and oxygen atoms in total.